The fraction of sp³-hybridized carbons (Fsp3) is 0.111. The summed E-state index contributed by atoms with van der Waals surface area (Å²) in [5.74, 6) is 1.04. The van der Waals surface area contributed by atoms with Gasteiger partial charge < -0.3 is 23.4 Å². The van der Waals surface area contributed by atoms with E-state index in [1.165, 1.54) is 39.7 Å². The molecule has 0 saturated heterocycles. The molecule has 0 spiro atoms. The molecule has 7 nitrogen and oxygen atoms in total. The number of benzene rings is 3. The van der Waals surface area contributed by atoms with E-state index in [9.17, 15) is 9.59 Å². The topological polar surface area (TPSA) is 84.2 Å². The lowest BCUT2D eigenvalue weighted by molar-refractivity contribution is -0.128. The van der Waals surface area contributed by atoms with Crippen molar-refractivity contribution >= 4 is 23.0 Å². The molecule has 34 heavy (non-hydrogen) atoms. The molecule has 0 radical (unpaired) electrons. The molecule has 0 aliphatic rings. The monoisotopic (exact) mass is 458 g/mol. The number of carbonyl (C=O) groups is 1. The van der Waals surface area contributed by atoms with Gasteiger partial charge in [-0.15, -0.1) is 0 Å². The van der Waals surface area contributed by atoms with Gasteiger partial charge in [-0.1, -0.05) is 30.3 Å². The van der Waals surface area contributed by atoms with Crippen molar-refractivity contribution in [2.45, 2.75) is 0 Å². The molecule has 0 amide bonds. The standard InChI is InChI=1S/C27H22O7/c1-30-23-13-17(14-24(31-2)27(23)32-3)9-12-25(28)34-19-10-11-20-22(15-19)33-16-21(26(20)29)18-7-5-4-6-8-18/h4-16H,1-3H3. The highest BCUT2D eigenvalue weighted by molar-refractivity contribution is 5.90. The third-order valence-electron chi connectivity index (χ3n) is 5.15. The van der Waals surface area contributed by atoms with Crippen LogP contribution in [-0.2, 0) is 4.79 Å². The molecule has 0 atom stereocenters. The molecule has 0 unspecified atom stereocenters. The molecule has 3 aromatic carbocycles. The van der Waals surface area contributed by atoms with Crippen molar-refractivity contribution in [1.82, 2.24) is 0 Å². The predicted molar refractivity (Wildman–Crippen MR) is 129 cm³/mol. The van der Waals surface area contributed by atoms with E-state index in [-0.39, 0.29) is 11.2 Å². The van der Waals surface area contributed by atoms with Gasteiger partial charge in [0.1, 0.15) is 17.6 Å². The molecule has 0 aliphatic heterocycles. The van der Waals surface area contributed by atoms with Gasteiger partial charge in [-0.3, -0.25) is 4.79 Å². The van der Waals surface area contributed by atoms with Gasteiger partial charge >= 0.3 is 5.97 Å². The van der Waals surface area contributed by atoms with Crippen molar-refractivity contribution in [1.29, 1.82) is 0 Å². The minimum Gasteiger partial charge on any atom is -0.493 e. The molecule has 0 N–H and O–H groups in total. The van der Waals surface area contributed by atoms with Crippen molar-refractivity contribution in [2.75, 3.05) is 21.3 Å². The number of rotatable bonds is 7. The number of hydrogen-bond acceptors (Lipinski definition) is 7. The highest BCUT2D eigenvalue weighted by Crippen LogP contribution is 2.38. The van der Waals surface area contributed by atoms with Gasteiger partial charge in [0.2, 0.25) is 5.75 Å². The van der Waals surface area contributed by atoms with Crippen molar-refractivity contribution < 1.29 is 28.2 Å². The van der Waals surface area contributed by atoms with E-state index in [0.29, 0.717) is 39.3 Å². The summed E-state index contributed by atoms with van der Waals surface area (Å²) >= 11 is 0. The minimum atomic E-state index is -0.601. The number of esters is 1. The molecule has 172 valence electrons. The van der Waals surface area contributed by atoms with E-state index in [4.69, 9.17) is 23.4 Å². The van der Waals surface area contributed by atoms with Crippen LogP contribution in [0, 0.1) is 0 Å². The Balaban J connectivity index is 1.54. The zero-order valence-corrected chi connectivity index (χ0v) is 18.9. The minimum absolute atomic E-state index is 0.160. The fourth-order valence-corrected chi connectivity index (χ4v) is 3.50. The number of fused-ring (bicyclic) bond motifs is 1. The number of ether oxygens (including phenoxy) is 4. The first-order valence-corrected chi connectivity index (χ1v) is 10.3. The molecule has 4 rings (SSSR count). The van der Waals surface area contributed by atoms with E-state index in [1.807, 2.05) is 30.3 Å². The van der Waals surface area contributed by atoms with Gasteiger partial charge in [0, 0.05) is 12.1 Å². The van der Waals surface area contributed by atoms with Gasteiger partial charge in [-0.05, 0) is 41.5 Å². The van der Waals surface area contributed by atoms with Crippen LogP contribution in [0.4, 0.5) is 0 Å². The van der Waals surface area contributed by atoms with Crippen molar-refractivity contribution in [3.8, 4) is 34.1 Å². The summed E-state index contributed by atoms with van der Waals surface area (Å²) in [6, 6.07) is 17.3. The Kier molecular flexibility index (Phi) is 6.64. The average molecular weight is 458 g/mol. The van der Waals surface area contributed by atoms with Gasteiger partial charge in [-0.25, -0.2) is 4.79 Å². The Hall–Kier alpha value is -4.52. The maximum Gasteiger partial charge on any atom is 0.336 e. The van der Waals surface area contributed by atoms with E-state index < -0.39 is 5.97 Å². The largest absolute Gasteiger partial charge is 0.493 e. The van der Waals surface area contributed by atoms with Gasteiger partial charge in [0.25, 0.3) is 0 Å². The first kappa shape index (κ1) is 22.7. The van der Waals surface area contributed by atoms with Crippen molar-refractivity contribution in [3.05, 3.63) is 88.8 Å². The highest BCUT2D eigenvalue weighted by atomic mass is 16.5. The van der Waals surface area contributed by atoms with Gasteiger partial charge in [0.05, 0.1) is 32.3 Å². The Labute approximate surface area is 195 Å². The van der Waals surface area contributed by atoms with E-state index in [2.05, 4.69) is 0 Å². The predicted octanol–water partition coefficient (Wildman–Crippen LogP) is 5.10. The normalized spacial score (nSPS) is 10.9. The van der Waals surface area contributed by atoms with Gasteiger partial charge in [-0.2, -0.15) is 0 Å². The fourth-order valence-electron chi connectivity index (χ4n) is 3.50. The summed E-state index contributed by atoms with van der Waals surface area (Å²) in [6.07, 6.45) is 4.26. The molecule has 0 bridgehead atoms. The second-order valence-corrected chi connectivity index (χ2v) is 7.22. The SMILES string of the molecule is COc1cc(C=CC(=O)Oc2ccc3c(=O)c(-c4ccccc4)coc3c2)cc(OC)c1OC. The maximum absolute atomic E-state index is 12.9. The summed E-state index contributed by atoms with van der Waals surface area (Å²) < 4.78 is 27.0. The number of hydrogen-bond donors (Lipinski definition) is 0. The molecule has 1 aromatic heterocycles. The van der Waals surface area contributed by atoms with Crippen LogP contribution in [0.3, 0.4) is 0 Å². The Morgan fingerprint density at radius 1 is 0.882 bits per heavy atom. The Bertz CT molecular complexity index is 1390. The quantitative estimate of drug-likeness (QED) is 0.216. The van der Waals surface area contributed by atoms with E-state index >= 15 is 0 Å². The lowest BCUT2D eigenvalue weighted by Gasteiger charge is -2.12. The average Bonchev–Trinajstić information content (AvgIpc) is 2.87. The van der Waals surface area contributed by atoms with Crippen LogP contribution < -0.4 is 24.4 Å². The highest BCUT2D eigenvalue weighted by Gasteiger charge is 2.13. The Morgan fingerprint density at radius 3 is 2.24 bits per heavy atom. The maximum atomic E-state index is 12.9. The van der Waals surface area contributed by atoms with Crippen LogP contribution >= 0.6 is 0 Å². The Morgan fingerprint density at radius 2 is 1.59 bits per heavy atom. The third-order valence-corrected chi connectivity index (χ3v) is 5.15. The molecular formula is C27H22O7. The third kappa shape index (κ3) is 4.63. The van der Waals surface area contributed by atoms with Crippen LogP contribution in [-0.4, -0.2) is 27.3 Å². The molecule has 1 heterocycles. The lowest BCUT2D eigenvalue weighted by atomic mass is 10.1. The van der Waals surface area contributed by atoms with Gasteiger partial charge in [0.15, 0.2) is 16.9 Å². The molecule has 7 heteroatoms. The zero-order chi connectivity index (χ0) is 24.1. The van der Waals surface area contributed by atoms with Crippen molar-refractivity contribution in [3.63, 3.8) is 0 Å². The summed E-state index contributed by atoms with van der Waals surface area (Å²) in [6.45, 7) is 0. The molecule has 0 saturated carbocycles. The van der Waals surface area contributed by atoms with E-state index in [0.717, 1.165) is 5.56 Å². The molecule has 0 aliphatic carbocycles. The second kappa shape index (κ2) is 9.95. The lowest BCUT2D eigenvalue weighted by Crippen LogP contribution is -2.06. The van der Waals surface area contributed by atoms with Crippen molar-refractivity contribution in [2.24, 2.45) is 0 Å². The smallest absolute Gasteiger partial charge is 0.336 e. The zero-order valence-electron chi connectivity index (χ0n) is 18.9. The summed E-state index contributed by atoms with van der Waals surface area (Å²) in [4.78, 5) is 25.2. The van der Waals surface area contributed by atoms with E-state index in [1.54, 1.807) is 30.3 Å². The van der Waals surface area contributed by atoms with Crippen LogP contribution in [0.1, 0.15) is 5.56 Å². The first-order chi connectivity index (χ1) is 16.5. The van der Waals surface area contributed by atoms with Crippen LogP contribution in [0.15, 0.2) is 82.2 Å². The molecule has 4 aromatic rings. The second-order valence-electron chi connectivity index (χ2n) is 7.22. The molecule has 0 fully saturated rings. The molecular weight excluding hydrogens is 436 g/mol. The first-order valence-electron chi connectivity index (χ1n) is 10.3. The number of methoxy groups -OCH3 is 3. The summed E-state index contributed by atoms with van der Waals surface area (Å²) in [5.41, 5.74) is 2.05. The van der Waals surface area contributed by atoms with Crippen LogP contribution in [0.5, 0.6) is 23.0 Å². The van der Waals surface area contributed by atoms with Crippen LogP contribution in [0.25, 0.3) is 28.2 Å². The number of carbonyl (C=O) groups excluding carboxylic acids is 1. The van der Waals surface area contributed by atoms with Crippen LogP contribution in [0.2, 0.25) is 0 Å². The summed E-state index contributed by atoms with van der Waals surface area (Å²) in [5, 5.41) is 0.397. The summed E-state index contributed by atoms with van der Waals surface area (Å²) in [7, 11) is 4.54.